The van der Waals surface area contributed by atoms with Crippen LogP contribution in [0.3, 0.4) is 0 Å². The summed E-state index contributed by atoms with van der Waals surface area (Å²) in [5, 5.41) is 1.20. The average Bonchev–Trinajstić information content (AvgIpc) is 1.88. The molecule has 1 unspecified atom stereocenters. The molecule has 0 bridgehead atoms. The molecule has 1 atom stereocenters. The lowest BCUT2D eigenvalue weighted by Gasteiger charge is -1.97. The SMILES string of the molecule is NCCc1[c]ccc(P)c1. The first-order valence-corrected chi connectivity index (χ1v) is 3.87. The van der Waals surface area contributed by atoms with Gasteiger partial charge in [0.1, 0.15) is 0 Å². The number of nitrogens with two attached hydrogens (primary N) is 1. The highest BCUT2D eigenvalue weighted by Crippen LogP contribution is 1.97. The Morgan fingerprint density at radius 1 is 1.60 bits per heavy atom. The van der Waals surface area contributed by atoms with Crippen molar-refractivity contribution in [3.8, 4) is 0 Å². The van der Waals surface area contributed by atoms with Crippen LogP contribution in [0, 0.1) is 6.07 Å². The molecular weight excluding hydrogens is 141 g/mol. The minimum Gasteiger partial charge on any atom is -0.330 e. The molecule has 0 spiro atoms. The molecular formula is C8H11NP. The monoisotopic (exact) mass is 152 g/mol. The molecule has 1 rings (SSSR count). The predicted octanol–water partition coefficient (Wildman–Crippen LogP) is 0.488. The van der Waals surface area contributed by atoms with Gasteiger partial charge in [-0.1, -0.05) is 18.2 Å². The maximum absolute atomic E-state index is 5.38. The largest absolute Gasteiger partial charge is 0.330 e. The van der Waals surface area contributed by atoms with Gasteiger partial charge in [-0.3, -0.25) is 0 Å². The van der Waals surface area contributed by atoms with Crippen molar-refractivity contribution < 1.29 is 0 Å². The van der Waals surface area contributed by atoms with Crippen LogP contribution in [0.4, 0.5) is 0 Å². The van der Waals surface area contributed by atoms with Crippen LogP contribution in [0.1, 0.15) is 5.56 Å². The van der Waals surface area contributed by atoms with E-state index in [4.69, 9.17) is 5.73 Å². The molecule has 0 amide bonds. The van der Waals surface area contributed by atoms with Gasteiger partial charge in [0.05, 0.1) is 0 Å². The fraction of sp³-hybridized carbons (Fsp3) is 0.250. The average molecular weight is 152 g/mol. The fourth-order valence-electron chi connectivity index (χ4n) is 0.836. The van der Waals surface area contributed by atoms with Crippen LogP contribution in [0.5, 0.6) is 0 Å². The van der Waals surface area contributed by atoms with E-state index in [1.165, 1.54) is 10.9 Å². The van der Waals surface area contributed by atoms with Crippen molar-refractivity contribution >= 4 is 14.5 Å². The van der Waals surface area contributed by atoms with Crippen molar-refractivity contribution in [3.63, 3.8) is 0 Å². The standard InChI is InChI=1S/C8H11NP/c9-5-4-7-2-1-3-8(10)6-7/h1,3,6H,4-5,9-10H2. The third kappa shape index (κ3) is 2.09. The summed E-state index contributed by atoms with van der Waals surface area (Å²) in [4.78, 5) is 0. The molecule has 0 heterocycles. The predicted molar refractivity (Wildman–Crippen MR) is 47.4 cm³/mol. The Kier molecular flexibility index (Phi) is 2.85. The summed E-state index contributed by atoms with van der Waals surface area (Å²) >= 11 is 0. The summed E-state index contributed by atoms with van der Waals surface area (Å²) in [6, 6.07) is 9.13. The Labute approximate surface area is 63.8 Å². The van der Waals surface area contributed by atoms with Crippen molar-refractivity contribution in [2.24, 2.45) is 5.73 Å². The number of benzene rings is 1. The van der Waals surface area contributed by atoms with E-state index in [2.05, 4.69) is 21.4 Å². The van der Waals surface area contributed by atoms with E-state index >= 15 is 0 Å². The Morgan fingerprint density at radius 2 is 2.40 bits per heavy atom. The van der Waals surface area contributed by atoms with Crippen LogP contribution in [0.15, 0.2) is 18.2 Å². The summed E-state index contributed by atoms with van der Waals surface area (Å²) in [5.74, 6) is 0. The van der Waals surface area contributed by atoms with E-state index in [0.29, 0.717) is 6.54 Å². The molecule has 2 N–H and O–H groups in total. The molecule has 1 radical (unpaired) electrons. The Morgan fingerprint density at radius 3 is 3.00 bits per heavy atom. The summed E-state index contributed by atoms with van der Waals surface area (Å²) in [7, 11) is 2.65. The lowest BCUT2D eigenvalue weighted by molar-refractivity contribution is 0.968. The molecule has 1 aromatic carbocycles. The van der Waals surface area contributed by atoms with E-state index in [-0.39, 0.29) is 0 Å². The molecule has 53 valence electrons. The number of hydrogen-bond acceptors (Lipinski definition) is 1. The molecule has 2 heteroatoms. The van der Waals surface area contributed by atoms with Crippen LogP contribution >= 0.6 is 9.24 Å². The van der Waals surface area contributed by atoms with Crippen molar-refractivity contribution in [1.29, 1.82) is 0 Å². The highest BCUT2D eigenvalue weighted by Gasteiger charge is 1.89. The molecule has 0 aliphatic carbocycles. The van der Waals surface area contributed by atoms with Crippen molar-refractivity contribution in [1.82, 2.24) is 0 Å². The topological polar surface area (TPSA) is 26.0 Å². The molecule has 0 aliphatic rings. The van der Waals surface area contributed by atoms with Gasteiger partial charge in [-0.15, -0.1) is 9.24 Å². The van der Waals surface area contributed by atoms with E-state index in [0.717, 1.165) is 6.42 Å². The van der Waals surface area contributed by atoms with Crippen LogP contribution in [0.2, 0.25) is 0 Å². The highest BCUT2D eigenvalue weighted by molar-refractivity contribution is 7.27. The third-order valence-electron chi connectivity index (χ3n) is 1.30. The van der Waals surface area contributed by atoms with Gasteiger partial charge in [-0.05, 0) is 29.9 Å². The van der Waals surface area contributed by atoms with Crippen LogP contribution in [0.25, 0.3) is 0 Å². The van der Waals surface area contributed by atoms with Crippen LogP contribution in [-0.2, 0) is 6.42 Å². The molecule has 0 aliphatic heterocycles. The summed E-state index contributed by atoms with van der Waals surface area (Å²) < 4.78 is 0. The molecule has 10 heavy (non-hydrogen) atoms. The smallest absolute Gasteiger partial charge is 0.00365 e. The first-order chi connectivity index (χ1) is 4.83. The first-order valence-electron chi connectivity index (χ1n) is 3.29. The van der Waals surface area contributed by atoms with E-state index in [9.17, 15) is 0 Å². The Hall–Kier alpha value is -0.390. The second-order valence-corrected chi connectivity index (χ2v) is 2.85. The van der Waals surface area contributed by atoms with Gasteiger partial charge < -0.3 is 5.73 Å². The lowest BCUT2D eigenvalue weighted by Crippen LogP contribution is -2.04. The van der Waals surface area contributed by atoms with Gasteiger partial charge in [0.25, 0.3) is 0 Å². The second kappa shape index (κ2) is 3.70. The minimum atomic E-state index is 0.699. The third-order valence-corrected chi connectivity index (χ3v) is 1.66. The minimum absolute atomic E-state index is 0.699. The molecule has 0 aromatic heterocycles. The maximum atomic E-state index is 5.38. The van der Waals surface area contributed by atoms with Gasteiger partial charge in [0, 0.05) is 0 Å². The maximum Gasteiger partial charge on any atom is -0.00365 e. The molecule has 0 saturated carbocycles. The van der Waals surface area contributed by atoms with E-state index in [1.54, 1.807) is 0 Å². The Balaban J connectivity index is 2.75. The normalized spacial score (nSPS) is 9.80. The van der Waals surface area contributed by atoms with Crippen molar-refractivity contribution in [2.75, 3.05) is 6.54 Å². The number of hydrogen-bond donors (Lipinski definition) is 1. The highest BCUT2D eigenvalue weighted by atomic mass is 31.0. The van der Waals surface area contributed by atoms with Gasteiger partial charge in [0.15, 0.2) is 0 Å². The zero-order chi connectivity index (χ0) is 7.40. The van der Waals surface area contributed by atoms with Gasteiger partial charge in [0.2, 0.25) is 0 Å². The molecule has 1 aromatic rings. The zero-order valence-electron chi connectivity index (χ0n) is 5.80. The summed E-state index contributed by atoms with van der Waals surface area (Å²) in [6.45, 7) is 0.699. The number of rotatable bonds is 2. The van der Waals surface area contributed by atoms with Gasteiger partial charge in [-0.2, -0.15) is 0 Å². The summed E-state index contributed by atoms with van der Waals surface area (Å²) in [6.07, 6.45) is 0.919. The second-order valence-electron chi connectivity index (χ2n) is 2.19. The molecule has 1 nitrogen and oxygen atoms in total. The van der Waals surface area contributed by atoms with Crippen molar-refractivity contribution in [3.05, 3.63) is 29.8 Å². The quantitative estimate of drug-likeness (QED) is 0.613. The summed E-state index contributed by atoms with van der Waals surface area (Å²) in [5.41, 5.74) is 6.57. The van der Waals surface area contributed by atoms with Crippen LogP contribution < -0.4 is 11.0 Å². The molecule has 0 fully saturated rings. The Bertz CT molecular complexity index is 210. The first kappa shape index (κ1) is 7.71. The molecule has 0 saturated heterocycles. The van der Waals surface area contributed by atoms with Crippen LogP contribution in [-0.4, -0.2) is 6.54 Å². The van der Waals surface area contributed by atoms with E-state index in [1.807, 2.05) is 12.1 Å². The van der Waals surface area contributed by atoms with Gasteiger partial charge in [-0.25, -0.2) is 0 Å². The lowest BCUT2D eigenvalue weighted by atomic mass is 10.2. The van der Waals surface area contributed by atoms with E-state index < -0.39 is 0 Å². The van der Waals surface area contributed by atoms with Crippen molar-refractivity contribution in [2.45, 2.75) is 6.42 Å². The van der Waals surface area contributed by atoms with Gasteiger partial charge >= 0.3 is 0 Å². The fourth-order valence-corrected chi connectivity index (χ4v) is 1.13. The zero-order valence-corrected chi connectivity index (χ0v) is 6.96.